The highest BCUT2D eigenvalue weighted by Gasteiger charge is 2.35. The summed E-state index contributed by atoms with van der Waals surface area (Å²) in [7, 11) is 0. The molecule has 0 aromatic carbocycles. The van der Waals surface area contributed by atoms with Crippen LogP contribution in [0.3, 0.4) is 0 Å². The molecule has 2 fully saturated rings. The van der Waals surface area contributed by atoms with Crippen LogP contribution < -0.4 is 4.90 Å². The van der Waals surface area contributed by atoms with E-state index in [9.17, 15) is 0 Å². The highest BCUT2D eigenvalue weighted by Crippen LogP contribution is 2.25. The average molecular weight is 356 g/mol. The van der Waals surface area contributed by atoms with Crippen molar-refractivity contribution in [3.63, 3.8) is 0 Å². The predicted molar refractivity (Wildman–Crippen MR) is 94.7 cm³/mol. The molecule has 0 amide bonds. The first-order chi connectivity index (χ1) is 12.9. The van der Waals surface area contributed by atoms with E-state index in [1.165, 1.54) is 5.56 Å². The fourth-order valence-corrected chi connectivity index (χ4v) is 4.06. The fraction of sp³-hybridized carbons (Fsp3) is 0.611. The Labute approximate surface area is 152 Å². The Morgan fingerprint density at radius 3 is 2.69 bits per heavy atom. The van der Waals surface area contributed by atoms with Crippen molar-refractivity contribution in [2.75, 3.05) is 50.8 Å². The zero-order valence-corrected chi connectivity index (χ0v) is 14.9. The van der Waals surface area contributed by atoms with Gasteiger partial charge in [-0.3, -0.25) is 9.80 Å². The molecule has 0 spiro atoms. The fourth-order valence-electron chi connectivity index (χ4n) is 4.06. The van der Waals surface area contributed by atoms with Gasteiger partial charge in [0.15, 0.2) is 0 Å². The Bertz CT molecular complexity index is 737. The van der Waals surface area contributed by atoms with E-state index in [0.29, 0.717) is 12.6 Å². The standard InChI is InChI=1S/C18H24N6O2/c1-3-19-18(20-4-1)24-7-5-23(6-8-24)14-10-22(11-14)12-16-15-13-25-9-2-17(15)26-21-16/h1,3-4,14H,2,5-13H2. The monoisotopic (exact) mass is 356 g/mol. The highest BCUT2D eigenvalue weighted by molar-refractivity contribution is 5.29. The SMILES string of the molecule is c1cnc(N2CCN(C3CN(Cc4noc5c4COCC5)C3)CC2)nc1. The van der Waals surface area contributed by atoms with Crippen LogP contribution in [0, 0.1) is 0 Å². The van der Waals surface area contributed by atoms with E-state index in [4.69, 9.17) is 9.26 Å². The lowest BCUT2D eigenvalue weighted by Gasteiger charge is -2.48. The van der Waals surface area contributed by atoms with Gasteiger partial charge in [-0.2, -0.15) is 0 Å². The zero-order chi connectivity index (χ0) is 17.3. The van der Waals surface area contributed by atoms with Crippen LogP contribution in [0.25, 0.3) is 0 Å². The Morgan fingerprint density at radius 1 is 1.08 bits per heavy atom. The van der Waals surface area contributed by atoms with Crippen molar-refractivity contribution in [2.45, 2.75) is 25.6 Å². The first-order valence-electron chi connectivity index (χ1n) is 9.39. The van der Waals surface area contributed by atoms with Gasteiger partial charge in [-0.25, -0.2) is 9.97 Å². The largest absolute Gasteiger partial charge is 0.376 e. The second-order valence-electron chi connectivity index (χ2n) is 7.25. The first kappa shape index (κ1) is 16.2. The zero-order valence-electron chi connectivity index (χ0n) is 14.9. The molecule has 5 rings (SSSR count). The molecule has 0 aliphatic carbocycles. The van der Waals surface area contributed by atoms with Crippen LogP contribution >= 0.6 is 0 Å². The third-order valence-corrected chi connectivity index (χ3v) is 5.65. The topological polar surface area (TPSA) is 70.8 Å². The molecule has 0 bridgehead atoms. The van der Waals surface area contributed by atoms with Gasteiger partial charge in [-0.05, 0) is 6.07 Å². The second-order valence-corrected chi connectivity index (χ2v) is 7.25. The number of aromatic nitrogens is 3. The molecular weight excluding hydrogens is 332 g/mol. The van der Waals surface area contributed by atoms with Crippen molar-refractivity contribution in [3.8, 4) is 0 Å². The number of hydrogen-bond acceptors (Lipinski definition) is 8. The Balaban J connectivity index is 1.11. The molecule has 138 valence electrons. The summed E-state index contributed by atoms with van der Waals surface area (Å²) in [6.07, 6.45) is 4.47. The van der Waals surface area contributed by atoms with Crippen LogP contribution in [0.5, 0.6) is 0 Å². The van der Waals surface area contributed by atoms with Gasteiger partial charge in [-0.15, -0.1) is 0 Å². The van der Waals surface area contributed by atoms with Crippen molar-refractivity contribution in [1.82, 2.24) is 24.9 Å². The van der Waals surface area contributed by atoms with Gasteiger partial charge in [0.2, 0.25) is 5.95 Å². The molecule has 2 aromatic rings. The van der Waals surface area contributed by atoms with Crippen LogP contribution in [-0.4, -0.2) is 76.8 Å². The minimum atomic E-state index is 0.646. The van der Waals surface area contributed by atoms with Crippen LogP contribution in [0.4, 0.5) is 5.95 Å². The summed E-state index contributed by atoms with van der Waals surface area (Å²) in [5, 5.41) is 4.27. The van der Waals surface area contributed by atoms with Crippen LogP contribution in [0.2, 0.25) is 0 Å². The van der Waals surface area contributed by atoms with Crippen molar-refractivity contribution >= 4 is 5.95 Å². The lowest BCUT2D eigenvalue weighted by molar-refractivity contribution is 0.0237. The predicted octanol–water partition coefficient (Wildman–Crippen LogP) is 0.544. The molecule has 8 nitrogen and oxygen atoms in total. The molecule has 3 aliphatic heterocycles. The molecule has 8 heteroatoms. The van der Waals surface area contributed by atoms with Crippen molar-refractivity contribution < 1.29 is 9.26 Å². The summed E-state index contributed by atoms with van der Waals surface area (Å²) in [6.45, 7) is 8.60. The normalized spacial score (nSPS) is 22.2. The maximum Gasteiger partial charge on any atom is 0.225 e. The Hall–Kier alpha value is -2.03. The maximum absolute atomic E-state index is 5.55. The lowest BCUT2D eigenvalue weighted by atomic mass is 10.0. The minimum absolute atomic E-state index is 0.646. The van der Waals surface area contributed by atoms with E-state index in [2.05, 4.69) is 29.8 Å². The second kappa shape index (κ2) is 6.94. The van der Waals surface area contributed by atoms with E-state index < -0.39 is 0 Å². The van der Waals surface area contributed by atoms with Crippen molar-refractivity contribution in [1.29, 1.82) is 0 Å². The van der Waals surface area contributed by atoms with Gasteiger partial charge in [0.1, 0.15) is 11.5 Å². The molecule has 3 aliphatic rings. The van der Waals surface area contributed by atoms with Gasteiger partial charge in [0.05, 0.1) is 13.2 Å². The molecular formula is C18H24N6O2. The smallest absolute Gasteiger partial charge is 0.225 e. The number of piperazine rings is 1. The molecule has 0 N–H and O–H groups in total. The van der Waals surface area contributed by atoms with Gasteiger partial charge < -0.3 is 14.2 Å². The van der Waals surface area contributed by atoms with E-state index in [0.717, 1.165) is 76.2 Å². The molecule has 26 heavy (non-hydrogen) atoms. The molecule has 5 heterocycles. The molecule has 0 saturated carbocycles. The van der Waals surface area contributed by atoms with E-state index in [1.807, 2.05) is 18.5 Å². The number of hydrogen-bond donors (Lipinski definition) is 0. The first-order valence-corrected chi connectivity index (χ1v) is 9.39. The van der Waals surface area contributed by atoms with E-state index in [1.54, 1.807) is 0 Å². The van der Waals surface area contributed by atoms with Crippen molar-refractivity contribution in [3.05, 3.63) is 35.5 Å². The van der Waals surface area contributed by atoms with Crippen LogP contribution in [0.15, 0.2) is 23.0 Å². The number of anilines is 1. The summed E-state index contributed by atoms with van der Waals surface area (Å²) in [5.41, 5.74) is 2.24. The highest BCUT2D eigenvalue weighted by atomic mass is 16.5. The lowest BCUT2D eigenvalue weighted by Crippen LogP contribution is -2.62. The number of fused-ring (bicyclic) bond motifs is 1. The van der Waals surface area contributed by atoms with Crippen molar-refractivity contribution in [2.24, 2.45) is 0 Å². The average Bonchev–Trinajstić information content (AvgIpc) is 3.08. The van der Waals surface area contributed by atoms with Crippen LogP contribution in [-0.2, 0) is 24.3 Å². The Morgan fingerprint density at radius 2 is 1.88 bits per heavy atom. The third-order valence-electron chi connectivity index (χ3n) is 5.65. The van der Waals surface area contributed by atoms with Crippen LogP contribution in [0.1, 0.15) is 17.0 Å². The summed E-state index contributed by atoms with van der Waals surface area (Å²) in [4.78, 5) is 16.0. The quantitative estimate of drug-likeness (QED) is 0.786. The number of rotatable bonds is 4. The maximum atomic E-state index is 5.55. The minimum Gasteiger partial charge on any atom is -0.376 e. The number of ether oxygens (including phenoxy) is 1. The third kappa shape index (κ3) is 3.08. The molecule has 0 radical (unpaired) electrons. The van der Waals surface area contributed by atoms with Gasteiger partial charge in [0.25, 0.3) is 0 Å². The van der Waals surface area contributed by atoms with Gasteiger partial charge in [0, 0.05) is 76.2 Å². The molecule has 0 unspecified atom stereocenters. The van der Waals surface area contributed by atoms with E-state index >= 15 is 0 Å². The van der Waals surface area contributed by atoms with Gasteiger partial charge in [-0.1, -0.05) is 5.16 Å². The van der Waals surface area contributed by atoms with Gasteiger partial charge >= 0.3 is 0 Å². The summed E-state index contributed by atoms with van der Waals surface area (Å²) in [5.74, 6) is 1.86. The number of likely N-dealkylation sites (tertiary alicyclic amines) is 1. The molecule has 2 saturated heterocycles. The number of nitrogens with zero attached hydrogens (tertiary/aromatic N) is 6. The Kier molecular flexibility index (Phi) is 4.32. The summed E-state index contributed by atoms with van der Waals surface area (Å²) in [6, 6.07) is 2.51. The molecule has 2 aromatic heterocycles. The van der Waals surface area contributed by atoms with E-state index in [-0.39, 0.29) is 0 Å². The summed E-state index contributed by atoms with van der Waals surface area (Å²) >= 11 is 0. The summed E-state index contributed by atoms with van der Waals surface area (Å²) < 4.78 is 11.0. The molecule has 0 atom stereocenters.